The van der Waals surface area contributed by atoms with Crippen molar-refractivity contribution in [3.63, 3.8) is 0 Å². The Morgan fingerprint density at radius 1 is 1.27 bits per heavy atom. The van der Waals surface area contributed by atoms with Crippen LogP contribution in [0.2, 0.25) is 0 Å². The summed E-state index contributed by atoms with van der Waals surface area (Å²) in [6.07, 6.45) is 0.583. The number of fused-ring (bicyclic) bond motifs is 1. The lowest BCUT2D eigenvalue weighted by atomic mass is 10.0. The zero-order chi connectivity index (χ0) is 19.4. The van der Waals surface area contributed by atoms with Crippen LogP contribution in [-0.4, -0.2) is 29.1 Å². The van der Waals surface area contributed by atoms with Crippen LogP contribution in [0.15, 0.2) is 27.4 Å². The van der Waals surface area contributed by atoms with Gasteiger partial charge in [0.05, 0.1) is 5.39 Å². The lowest BCUT2D eigenvalue weighted by Crippen LogP contribution is -2.44. The van der Waals surface area contributed by atoms with Crippen LogP contribution >= 0.6 is 0 Å². The molecule has 0 aliphatic rings. The van der Waals surface area contributed by atoms with Gasteiger partial charge in [-0.3, -0.25) is 9.59 Å². The zero-order valence-corrected chi connectivity index (χ0v) is 15.3. The minimum atomic E-state index is -1.13. The smallest absolute Gasteiger partial charge is 0.336 e. The van der Waals surface area contributed by atoms with Crippen molar-refractivity contribution < 1.29 is 23.8 Å². The number of carbonyl (C=O) groups excluding carboxylic acids is 1. The van der Waals surface area contributed by atoms with Crippen molar-refractivity contribution in [2.45, 2.75) is 52.7 Å². The largest absolute Gasteiger partial charge is 0.480 e. The lowest BCUT2D eigenvalue weighted by Gasteiger charge is -2.19. The fourth-order valence-electron chi connectivity index (χ4n) is 2.67. The monoisotopic (exact) mass is 361 g/mol. The lowest BCUT2D eigenvalue weighted by molar-refractivity contribution is -0.142. The molecule has 7 heteroatoms. The van der Waals surface area contributed by atoms with Gasteiger partial charge in [0.1, 0.15) is 17.4 Å². The molecule has 0 aliphatic carbocycles. The number of carbonyl (C=O) groups is 2. The van der Waals surface area contributed by atoms with Crippen molar-refractivity contribution in [3.05, 3.63) is 39.7 Å². The number of aryl methyl sites for hydroxylation is 2. The van der Waals surface area contributed by atoms with Gasteiger partial charge in [-0.2, -0.15) is 0 Å². The topological polar surface area (TPSA) is 106 Å². The maximum atomic E-state index is 12.2. The third-order valence-corrected chi connectivity index (χ3v) is 3.96. The molecule has 0 spiro atoms. The molecule has 2 aromatic rings. The summed E-state index contributed by atoms with van der Waals surface area (Å²) in [5, 5.41) is 11.9. The van der Waals surface area contributed by atoms with Crippen molar-refractivity contribution in [1.29, 1.82) is 0 Å². The van der Waals surface area contributed by atoms with Crippen LogP contribution < -0.4 is 15.7 Å². The molecule has 0 saturated heterocycles. The predicted octanol–water partition coefficient (Wildman–Crippen LogP) is 2.41. The molecule has 1 aromatic heterocycles. The van der Waals surface area contributed by atoms with Crippen molar-refractivity contribution in [3.8, 4) is 5.75 Å². The first-order chi connectivity index (χ1) is 12.2. The maximum Gasteiger partial charge on any atom is 0.336 e. The fourth-order valence-corrected chi connectivity index (χ4v) is 2.67. The highest BCUT2D eigenvalue weighted by Crippen LogP contribution is 2.31. The van der Waals surface area contributed by atoms with Crippen LogP contribution in [0.5, 0.6) is 5.75 Å². The van der Waals surface area contributed by atoms with E-state index in [-0.39, 0.29) is 0 Å². The average molecular weight is 361 g/mol. The third-order valence-electron chi connectivity index (χ3n) is 3.96. The van der Waals surface area contributed by atoms with Crippen molar-refractivity contribution in [2.75, 3.05) is 0 Å². The molecule has 26 heavy (non-hydrogen) atoms. The number of ether oxygens (including phenoxy) is 1. The molecule has 2 N–H and O–H groups in total. The zero-order valence-electron chi connectivity index (χ0n) is 15.3. The van der Waals surface area contributed by atoms with Crippen LogP contribution in [0.25, 0.3) is 11.0 Å². The van der Waals surface area contributed by atoms with E-state index in [1.807, 2.05) is 13.8 Å². The Morgan fingerprint density at radius 2 is 1.96 bits per heavy atom. The highest BCUT2D eigenvalue weighted by atomic mass is 16.5. The van der Waals surface area contributed by atoms with Gasteiger partial charge in [0.2, 0.25) is 0 Å². The van der Waals surface area contributed by atoms with Gasteiger partial charge in [0.15, 0.2) is 6.10 Å². The van der Waals surface area contributed by atoms with Crippen molar-refractivity contribution in [2.24, 2.45) is 0 Å². The van der Waals surface area contributed by atoms with Gasteiger partial charge in [0.25, 0.3) is 5.91 Å². The molecule has 0 saturated carbocycles. The van der Waals surface area contributed by atoms with Gasteiger partial charge in [-0.25, -0.2) is 4.79 Å². The standard InChI is InChI=1S/C19H23NO6/c1-5-6-13-9-16(21)26-15-8-10(2)7-14(17(13)15)25-12(4)18(22)20-11(3)19(23)24/h7-9,11-12H,5-6H2,1-4H3,(H,20,22)(H,23,24)/t11-,12+/m0/s1. The molecular weight excluding hydrogens is 338 g/mol. The second kappa shape index (κ2) is 8.03. The SMILES string of the molecule is CCCc1cc(=O)oc2cc(C)cc(O[C@H](C)C(=O)N[C@@H](C)C(=O)O)c12. The normalized spacial score (nSPS) is 13.2. The van der Waals surface area contributed by atoms with Crippen LogP contribution in [0.1, 0.15) is 38.3 Å². The van der Waals surface area contributed by atoms with Gasteiger partial charge in [-0.05, 0) is 50.5 Å². The minimum Gasteiger partial charge on any atom is -0.480 e. The van der Waals surface area contributed by atoms with Gasteiger partial charge in [-0.15, -0.1) is 0 Å². The Balaban J connectivity index is 2.40. The first kappa shape index (κ1) is 19.5. The summed E-state index contributed by atoms with van der Waals surface area (Å²) in [6, 6.07) is 3.94. The summed E-state index contributed by atoms with van der Waals surface area (Å²) < 4.78 is 11.1. The van der Waals surface area contributed by atoms with Gasteiger partial charge < -0.3 is 19.6 Å². The fraction of sp³-hybridized carbons (Fsp3) is 0.421. The molecular formula is C19H23NO6. The third kappa shape index (κ3) is 4.41. The van der Waals surface area contributed by atoms with E-state index in [2.05, 4.69) is 5.32 Å². The molecule has 0 aliphatic heterocycles. The molecule has 1 amide bonds. The molecule has 0 unspecified atom stereocenters. The number of amides is 1. The molecule has 140 valence electrons. The van der Waals surface area contributed by atoms with E-state index < -0.39 is 29.6 Å². The number of hydrogen-bond acceptors (Lipinski definition) is 5. The second-order valence-corrected chi connectivity index (χ2v) is 6.31. The molecule has 0 fully saturated rings. The molecule has 7 nitrogen and oxygen atoms in total. The average Bonchev–Trinajstić information content (AvgIpc) is 2.53. The maximum absolute atomic E-state index is 12.2. The van der Waals surface area contributed by atoms with E-state index in [1.54, 1.807) is 12.1 Å². The number of carboxylic acids is 1. The second-order valence-electron chi connectivity index (χ2n) is 6.31. The Bertz CT molecular complexity index is 885. The summed E-state index contributed by atoms with van der Waals surface area (Å²) in [6.45, 7) is 6.74. The molecule has 2 rings (SSSR count). The number of rotatable bonds is 7. The Kier molecular flexibility index (Phi) is 6.02. The van der Waals surface area contributed by atoms with Crippen LogP contribution in [0.3, 0.4) is 0 Å². The number of nitrogens with one attached hydrogen (secondary N) is 1. The quantitative estimate of drug-likeness (QED) is 0.734. The Labute approximate surface area is 151 Å². The van der Waals surface area contributed by atoms with Crippen molar-refractivity contribution >= 4 is 22.8 Å². The number of carboxylic acid groups (broad SMARTS) is 1. The molecule has 0 radical (unpaired) electrons. The van der Waals surface area contributed by atoms with E-state index in [0.717, 1.165) is 17.5 Å². The van der Waals surface area contributed by atoms with Crippen LogP contribution in [0, 0.1) is 6.92 Å². The predicted molar refractivity (Wildman–Crippen MR) is 96.5 cm³/mol. The Hall–Kier alpha value is -2.83. The molecule has 1 heterocycles. The van der Waals surface area contributed by atoms with E-state index in [0.29, 0.717) is 23.1 Å². The number of aliphatic carboxylic acids is 1. The summed E-state index contributed by atoms with van der Waals surface area (Å²) in [5.41, 5.74) is 1.58. The molecule has 2 atom stereocenters. The summed E-state index contributed by atoms with van der Waals surface area (Å²) in [7, 11) is 0. The summed E-state index contributed by atoms with van der Waals surface area (Å²) >= 11 is 0. The molecule has 1 aromatic carbocycles. The Morgan fingerprint density at radius 3 is 2.58 bits per heavy atom. The number of hydrogen-bond donors (Lipinski definition) is 2. The van der Waals surface area contributed by atoms with E-state index in [9.17, 15) is 14.4 Å². The highest BCUT2D eigenvalue weighted by molar-refractivity contribution is 5.89. The first-order valence-corrected chi connectivity index (χ1v) is 8.50. The van der Waals surface area contributed by atoms with E-state index in [4.69, 9.17) is 14.3 Å². The van der Waals surface area contributed by atoms with Crippen LogP contribution in [-0.2, 0) is 16.0 Å². The molecule has 0 bridgehead atoms. The van der Waals surface area contributed by atoms with Gasteiger partial charge >= 0.3 is 11.6 Å². The van der Waals surface area contributed by atoms with Crippen molar-refractivity contribution in [1.82, 2.24) is 5.32 Å². The van der Waals surface area contributed by atoms with E-state index >= 15 is 0 Å². The first-order valence-electron chi connectivity index (χ1n) is 8.50. The number of benzene rings is 1. The van der Waals surface area contributed by atoms with E-state index in [1.165, 1.54) is 19.9 Å². The van der Waals surface area contributed by atoms with Crippen LogP contribution in [0.4, 0.5) is 0 Å². The summed E-state index contributed by atoms with van der Waals surface area (Å²) in [4.78, 5) is 34.9. The highest BCUT2D eigenvalue weighted by Gasteiger charge is 2.22. The summed E-state index contributed by atoms with van der Waals surface area (Å²) in [5.74, 6) is -1.24. The van der Waals surface area contributed by atoms with Gasteiger partial charge in [-0.1, -0.05) is 13.3 Å². The minimum absolute atomic E-state index is 0.405. The van der Waals surface area contributed by atoms with Gasteiger partial charge in [0, 0.05) is 6.07 Å².